The molecule has 3 nitrogen and oxygen atoms in total. The van der Waals surface area contributed by atoms with Crippen molar-refractivity contribution in [1.82, 2.24) is 16.0 Å². The van der Waals surface area contributed by atoms with Crippen molar-refractivity contribution in [3.63, 3.8) is 0 Å². The second-order valence-electron chi connectivity index (χ2n) is 3.17. The zero-order chi connectivity index (χ0) is 9.61. The summed E-state index contributed by atoms with van der Waals surface area (Å²) < 4.78 is 0. The maximum absolute atomic E-state index is 3.77. The first-order valence-corrected chi connectivity index (χ1v) is 4.29. The first-order valence-electron chi connectivity index (χ1n) is 4.29. The molecule has 0 aliphatic rings. The number of likely N-dealkylation sites (N-methyl/N-ethyl adjacent to an activating group) is 1. The number of hydrogen-bond acceptors (Lipinski definition) is 3. The van der Waals surface area contributed by atoms with E-state index in [9.17, 15) is 0 Å². The Morgan fingerprint density at radius 3 is 2.08 bits per heavy atom. The minimum absolute atomic E-state index is 0.0259. The molecule has 0 aromatic rings. The van der Waals surface area contributed by atoms with Gasteiger partial charge in [0, 0.05) is 6.04 Å². The summed E-state index contributed by atoms with van der Waals surface area (Å²) in [6, 6.07) is 0.342. The standard InChI is InChI=1S/C9H21N3/c1-6-8(10-3)7-9(2,11-4)12-5/h6,8,10-12H,1,7H2,2-5H3/t8-/m0/s1. The van der Waals surface area contributed by atoms with Gasteiger partial charge in [0.25, 0.3) is 0 Å². The van der Waals surface area contributed by atoms with E-state index in [1.54, 1.807) is 0 Å². The summed E-state index contributed by atoms with van der Waals surface area (Å²) >= 11 is 0. The molecule has 0 saturated carbocycles. The molecule has 0 heterocycles. The van der Waals surface area contributed by atoms with Crippen LogP contribution in [0.2, 0.25) is 0 Å². The summed E-state index contributed by atoms with van der Waals surface area (Å²) in [4.78, 5) is 0. The van der Waals surface area contributed by atoms with Crippen molar-refractivity contribution in [3.8, 4) is 0 Å². The van der Waals surface area contributed by atoms with Crippen molar-refractivity contribution in [2.75, 3.05) is 21.1 Å². The van der Waals surface area contributed by atoms with E-state index in [0.29, 0.717) is 6.04 Å². The van der Waals surface area contributed by atoms with Crippen LogP contribution in [0.5, 0.6) is 0 Å². The van der Waals surface area contributed by atoms with Gasteiger partial charge in [-0.05, 0) is 34.5 Å². The summed E-state index contributed by atoms with van der Waals surface area (Å²) in [6.45, 7) is 5.89. The summed E-state index contributed by atoms with van der Waals surface area (Å²) in [5.41, 5.74) is -0.0259. The van der Waals surface area contributed by atoms with E-state index in [1.165, 1.54) is 0 Å². The van der Waals surface area contributed by atoms with E-state index in [1.807, 2.05) is 27.2 Å². The number of rotatable bonds is 6. The minimum atomic E-state index is -0.0259. The van der Waals surface area contributed by atoms with Crippen molar-refractivity contribution < 1.29 is 0 Å². The van der Waals surface area contributed by atoms with Crippen LogP contribution in [-0.2, 0) is 0 Å². The zero-order valence-corrected chi connectivity index (χ0v) is 8.57. The summed E-state index contributed by atoms with van der Waals surface area (Å²) in [5, 5.41) is 9.63. The van der Waals surface area contributed by atoms with Gasteiger partial charge in [-0.15, -0.1) is 6.58 Å². The number of nitrogens with one attached hydrogen (secondary N) is 3. The van der Waals surface area contributed by atoms with E-state index in [4.69, 9.17) is 0 Å². The van der Waals surface area contributed by atoms with E-state index in [-0.39, 0.29) is 5.66 Å². The van der Waals surface area contributed by atoms with Gasteiger partial charge < -0.3 is 16.0 Å². The molecule has 3 N–H and O–H groups in total. The Labute approximate surface area is 75.6 Å². The fourth-order valence-electron chi connectivity index (χ4n) is 1.07. The Balaban J connectivity index is 4.07. The lowest BCUT2D eigenvalue weighted by molar-refractivity contribution is 0.284. The Hall–Kier alpha value is -0.380. The third-order valence-corrected chi connectivity index (χ3v) is 2.39. The maximum Gasteiger partial charge on any atom is 0.0671 e. The van der Waals surface area contributed by atoms with Gasteiger partial charge in [0.1, 0.15) is 0 Å². The quantitative estimate of drug-likeness (QED) is 0.397. The first kappa shape index (κ1) is 11.6. The van der Waals surface area contributed by atoms with Gasteiger partial charge in [-0.3, -0.25) is 0 Å². The molecule has 0 bridgehead atoms. The van der Waals surface area contributed by atoms with E-state index >= 15 is 0 Å². The van der Waals surface area contributed by atoms with E-state index < -0.39 is 0 Å². The zero-order valence-electron chi connectivity index (χ0n) is 8.57. The van der Waals surface area contributed by atoms with Crippen molar-refractivity contribution >= 4 is 0 Å². The second-order valence-corrected chi connectivity index (χ2v) is 3.17. The third-order valence-electron chi connectivity index (χ3n) is 2.39. The Bertz CT molecular complexity index is 130. The molecule has 12 heavy (non-hydrogen) atoms. The monoisotopic (exact) mass is 171 g/mol. The van der Waals surface area contributed by atoms with Crippen LogP contribution < -0.4 is 16.0 Å². The molecule has 0 aromatic heterocycles. The van der Waals surface area contributed by atoms with Gasteiger partial charge in [-0.2, -0.15) is 0 Å². The van der Waals surface area contributed by atoms with Gasteiger partial charge in [0.2, 0.25) is 0 Å². The molecule has 1 atom stereocenters. The van der Waals surface area contributed by atoms with Crippen LogP contribution in [0.1, 0.15) is 13.3 Å². The molecule has 0 saturated heterocycles. The SMILES string of the molecule is C=C[C@@H](CC(C)(NC)NC)NC. The lowest BCUT2D eigenvalue weighted by Gasteiger charge is -2.31. The predicted molar refractivity (Wildman–Crippen MR) is 54.2 cm³/mol. The van der Waals surface area contributed by atoms with Crippen molar-refractivity contribution in [1.29, 1.82) is 0 Å². The van der Waals surface area contributed by atoms with Crippen LogP contribution >= 0.6 is 0 Å². The number of hydrogen-bond donors (Lipinski definition) is 3. The summed E-state index contributed by atoms with van der Waals surface area (Å²) in [5.74, 6) is 0. The molecular weight excluding hydrogens is 150 g/mol. The normalized spacial score (nSPS) is 14.3. The highest BCUT2D eigenvalue weighted by molar-refractivity contribution is 4.92. The van der Waals surface area contributed by atoms with Gasteiger partial charge in [0.15, 0.2) is 0 Å². The highest BCUT2D eigenvalue weighted by Gasteiger charge is 2.21. The Morgan fingerprint density at radius 1 is 1.33 bits per heavy atom. The fraction of sp³-hybridized carbons (Fsp3) is 0.778. The van der Waals surface area contributed by atoms with Gasteiger partial charge >= 0.3 is 0 Å². The molecule has 3 heteroatoms. The third kappa shape index (κ3) is 3.34. The average molecular weight is 171 g/mol. The van der Waals surface area contributed by atoms with Crippen LogP contribution in [0.4, 0.5) is 0 Å². The van der Waals surface area contributed by atoms with Crippen LogP contribution in [0, 0.1) is 0 Å². The first-order chi connectivity index (χ1) is 5.61. The minimum Gasteiger partial charge on any atom is -0.313 e. The summed E-state index contributed by atoms with van der Waals surface area (Å²) in [6.07, 6.45) is 2.90. The smallest absolute Gasteiger partial charge is 0.0671 e. The van der Waals surface area contributed by atoms with Gasteiger partial charge in [-0.1, -0.05) is 6.08 Å². The Morgan fingerprint density at radius 2 is 1.83 bits per heavy atom. The highest BCUT2D eigenvalue weighted by Crippen LogP contribution is 2.07. The van der Waals surface area contributed by atoms with Gasteiger partial charge in [0.05, 0.1) is 5.66 Å². The van der Waals surface area contributed by atoms with Crippen LogP contribution in [0.25, 0.3) is 0 Å². The molecule has 72 valence electrons. The van der Waals surface area contributed by atoms with E-state index in [0.717, 1.165) is 6.42 Å². The summed E-state index contributed by atoms with van der Waals surface area (Å²) in [7, 11) is 5.84. The lowest BCUT2D eigenvalue weighted by atomic mass is 10.0. The molecule has 0 aliphatic carbocycles. The van der Waals surface area contributed by atoms with Crippen molar-refractivity contribution in [3.05, 3.63) is 12.7 Å². The van der Waals surface area contributed by atoms with Crippen LogP contribution in [0.3, 0.4) is 0 Å². The average Bonchev–Trinajstić information content (AvgIpc) is 2.14. The molecule has 0 unspecified atom stereocenters. The molecule has 0 radical (unpaired) electrons. The predicted octanol–water partition coefficient (Wildman–Crippen LogP) is 0.306. The Kier molecular flexibility index (Phi) is 5.13. The van der Waals surface area contributed by atoms with Crippen LogP contribution in [0.15, 0.2) is 12.7 Å². The molecule has 0 rings (SSSR count). The molecular formula is C9H21N3. The second kappa shape index (κ2) is 5.30. The molecule has 0 spiro atoms. The lowest BCUT2D eigenvalue weighted by Crippen LogP contribution is -2.54. The van der Waals surface area contributed by atoms with Crippen molar-refractivity contribution in [2.45, 2.75) is 25.0 Å². The maximum atomic E-state index is 3.77. The van der Waals surface area contributed by atoms with Crippen LogP contribution in [-0.4, -0.2) is 32.8 Å². The highest BCUT2D eigenvalue weighted by atomic mass is 15.2. The van der Waals surface area contributed by atoms with Crippen molar-refractivity contribution in [2.24, 2.45) is 0 Å². The largest absolute Gasteiger partial charge is 0.313 e. The molecule has 0 aromatic carbocycles. The fourth-order valence-corrected chi connectivity index (χ4v) is 1.07. The van der Waals surface area contributed by atoms with E-state index in [2.05, 4.69) is 29.5 Å². The molecule has 0 aliphatic heterocycles. The van der Waals surface area contributed by atoms with Gasteiger partial charge in [-0.25, -0.2) is 0 Å². The topological polar surface area (TPSA) is 36.1 Å². The molecule has 0 fully saturated rings. The molecule has 0 amide bonds.